The molecule has 0 aliphatic heterocycles. The molecule has 2 N–H and O–H groups in total. The number of nitrogen functional groups attached to an aromatic ring is 1. The highest BCUT2D eigenvalue weighted by Crippen LogP contribution is 2.31. The molecule has 1 aromatic carbocycles. The lowest BCUT2D eigenvalue weighted by Gasteiger charge is -2.30. The molecule has 1 fully saturated rings. The van der Waals surface area contributed by atoms with Gasteiger partial charge in [-0.05, 0) is 43.4 Å². The van der Waals surface area contributed by atoms with Gasteiger partial charge in [-0.2, -0.15) is 0 Å². The summed E-state index contributed by atoms with van der Waals surface area (Å²) in [5, 5.41) is 0.346. The predicted octanol–water partition coefficient (Wildman–Crippen LogP) is 2.65. The van der Waals surface area contributed by atoms with Gasteiger partial charge >= 0.3 is 0 Å². The number of anilines is 1. The molecule has 1 saturated carbocycles. The van der Waals surface area contributed by atoms with E-state index in [-0.39, 0.29) is 4.90 Å². The molecule has 0 aromatic heterocycles. The zero-order valence-electron chi connectivity index (χ0n) is 11.2. The molecule has 106 valence electrons. The highest BCUT2D eigenvalue weighted by atomic mass is 35.5. The van der Waals surface area contributed by atoms with E-state index in [1.54, 1.807) is 20.0 Å². The van der Waals surface area contributed by atoms with Crippen LogP contribution in [0.25, 0.3) is 0 Å². The van der Waals surface area contributed by atoms with Crippen LogP contribution in [0.3, 0.4) is 0 Å². The lowest BCUT2D eigenvalue weighted by atomic mass is 9.86. The Balaban J connectivity index is 2.32. The summed E-state index contributed by atoms with van der Waals surface area (Å²) in [6.07, 6.45) is 3.41. The Labute approximate surface area is 119 Å². The lowest BCUT2D eigenvalue weighted by molar-refractivity contribution is 0.263. The smallest absolute Gasteiger partial charge is 0.243 e. The average molecular weight is 303 g/mol. The summed E-state index contributed by atoms with van der Waals surface area (Å²) < 4.78 is 26.5. The van der Waals surface area contributed by atoms with Crippen molar-refractivity contribution in [1.82, 2.24) is 4.31 Å². The van der Waals surface area contributed by atoms with Gasteiger partial charge < -0.3 is 5.73 Å². The summed E-state index contributed by atoms with van der Waals surface area (Å²) in [6.45, 7) is 2.27. The van der Waals surface area contributed by atoms with E-state index in [2.05, 4.69) is 0 Å². The highest BCUT2D eigenvalue weighted by molar-refractivity contribution is 7.89. The van der Waals surface area contributed by atoms with Crippen molar-refractivity contribution < 1.29 is 8.42 Å². The van der Waals surface area contributed by atoms with E-state index in [0.29, 0.717) is 28.7 Å². The molecule has 1 aromatic rings. The van der Waals surface area contributed by atoms with Crippen LogP contribution in [0.1, 0.15) is 24.8 Å². The first kappa shape index (κ1) is 14.6. The van der Waals surface area contributed by atoms with Crippen LogP contribution >= 0.6 is 11.6 Å². The number of rotatable bonds is 4. The number of hydrogen-bond donors (Lipinski definition) is 1. The lowest BCUT2D eigenvalue weighted by Crippen LogP contribution is -2.34. The Bertz CT molecular complexity index is 583. The fourth-order valence-corrected chi connectivity index (χ4v) is 4.06. The number of halogens is 1. The number of nitrogens with two attached hydrogens (primary N) is 1. The monoisotopic (exact) mass is 302 g/mol. The zero-order chi connectivity index (χ0) is 14.2. The Morgan fingerprint density at radius 3 is 2.58 bits per heavy atom. The fraction of sp³-hybridized carbons (Fsp3) is 0.538. The van der Waals surface area contributed by atoms with Gasteiger partial charge in [0.1, 0.15) is 0 Å². The Morgan fingerprint density at radius 2 is 2.05 bits per heavy atom. The Kier molecular flexibility index (Phi) is 4.08. The van der Waals surface area contributed by atoms with Crippen molar-refractivity contribution in [1.29, 1.82) is 0 Å². The largest absolute Gasteiger partial charge is 0.398 e. The van der Waals surface area contributed by atoms with Gasteiger partial charge in [0.15, 0.2) is 0 Å². The highest BCUT2D eigenvalue weighted by Gasteiger charge is 2.28. The second-order valence-corrected chi connectivity index (χ2v) is 7.65. The maximum Gasteiger partial charge on any atom is 0.243 e. The van der Waals surface area contributed by atoms with Gasteiger partial charge in [0.2, 0.25) is 10.0 Å². The van der Waals surface area contributed by atoms with Gasteiger partial charge in [-0.1, -0.05) is 18.0 Å². The number of benzene rings is 1. The maximum absolute atomic E-state index is 12.5. The summed E-state index contributed by atoms with van der Waals surface area (Å²) >= 11 is 5.91. The second-order valence-electron chi connectivity index (χ2n) is 5.20. The summed E-state index contributed by atoms with van der Waals surface area (Å²) in [4.78, 5) is 0.208. The quantitative estimate of drug-likeness (QED) is 0.870. The van der Waals surface area contributed by atoms with E-state index < -0.39 is 10.0 Å². The van der Waals surface area contributed by atoms with E-state index in [9.17, 15) is 8.42 Å². The van der Waals surface area contributed by atoms with E-state index >= 15 is 0 Å². The minimum atomic E-state index is -3.52. The van der Waals surface area contributed by atoms with E-state index in [1.807, 2.05) is 0 Å². The van der Waals surface area contributed by atoms with E-state index in [4.69, 9.17) is 17.3 Å². The molecule has 4 nitrogen and oxygen atoms in total. The SMILES string of the molecule is Cc1c(N)cc(Cl)cc1S(=O)(=O)N(C)CC1CCC1. The Morgan fingerprint density at radius 1 is 1.42 bits per heavy atom. The molecule has 0 amide bonds. The first-order valence-corrected chi connectivity index (χ1v) is 8.16. The van der Waals surface area contributed by atoms with Crippen LogP contribution in [0, 0.1) is 12.8 Å². The van der Waals surface area contributed by atoms with Gasteiger partial charge in [-0.3, -0.25) is 0 Å². The maximum atomic E-state index is 12.5. The molecule has 19 heavy (non-hydrogen) atoms. The minimum absolute atomic E-state index is 0.208. The second kappa shape index (κ2) is 5.31. The van der Waals surface area contributed by atoms with Gasteiger partial charge in [0, 0.05) is 24.3 Å². The number of nitrogens with zero attached hydrogens (tertiary/aromatic N) is 1. The normalized spacial score (nSPS) is 16.6. The van der Waals surface area contributed by atoms with Gasteiger partial charge in [0.25, 0.3) is 0 Å². The third-order valence-corrected chi connectivity index (χ3v) is 5.96. The first-order valence-electron chi connectivity index (χ1n) is 6.34. The summed E-state index contributed by atoms with van der Waals surface area (Å²) in [5.74, 6) is 0.483. The summed E-state index contributed by atoms with van der Waals surface area (Å²) in [7, 11) is -1.90. The average Bonchev–Trinajstić information content (AvgIpc) is 2.27. The molecule has 0 bridgehead atoms. The van der Waals surface area contributed by atoms with Crippen LogP contribution in [0.2, 0.25) is 5.02 Å². The van der Waals surface area contributed by atoms with Gasteiger partial charge in [-0.25, -0.2) is 12.7 Å². The fourth-order valence-electron chi connectivity index (χ4n) is 2.25. The molecule has 0 unspecified atom stereocenters. The molecule has 0 atom stereocenters. The van der Waals surface area contributed by atoms with Crippen molar-refractivity contribution in [3.63, 3.8) is 0 Å². The summed E-state index contributed by atoms with van der Waals surface area (Å²) in [6, 6.07) is 3.04. The van der Waals surface area contributed by atoms with Crippen molar-refractivity contribution >= 4 is 27.3 Å². The molecule has 6 heteroatoms. The van der Waals surface area contributed by atoms with E-state index in [1.165, 1.54) is 16.8 Å². The third-order valence-electron chi connectivity index (χ3n) is 3.79. The van der Waals surface area contributed by atoms with Crippen molar-refractivity contribution in [2.45, 2.75) is 31.1 Å². The van der Waals surface area contributed by atoms with Crippen LogP contribution in [-0.2, 0) is 10.0 Å². The molecule has 1 aliphatic carbocycles. The van der Waals surface area contributed by atoms with Crippen LogP contribution in [0.4, 0.5) is 5.69 Å². The van der Waals surface area contributed by atoms with E-state index in [0.717, 1.165) is 12.8 Å². The van der Waals surface area contributed by atoms with Crippen molar-refractivity contribution in [2.75, 3.05) is 19.3 Å². The predicted molar refractivity (Wildman–Crippen MR) is 77.8 cm³/mol. The minimum Gasteiger partial charge on any atom is -0.398 e. The number of hydrogen-bond acceptors (Lipinski definition) is 3. The third kappa shape index (κ3) is 2.88. The van der Waals surface area contributed by atoms with Crippen LogP contribution in [0.15, 0.2) is 17.0 Å². The summed E-state index contributed by atoms with van der Waals surface area (Å²) in [5.41, 5.74) is 6.76. The molecule has 1 aliphatic rings. The number of sulfonamides is 1. The van der Waals surface area contributed by atoms with Crippen molar-refractivity contribution in [2.24, 2.45) is 5.92 Å². The van der Waals surface area contributed by atoms with Gasteiger partial charge in [-0.15, -0.1) is 0 Å². The molecule has 0 heterocycles. The van der Waals surface area contributed by atoms with Crippen LogP contribution in [-0.4, -0.2) is 26.3 Å². The molecular formula is C13H19ClN2O2S. The topological polar surface area (TPSA) is 63.4 Å². The molecule has 0 spiro atoms. The van der Waals surface area contributed by atoms with Crippen molar-refractivity contribution in [3.8, 4) is 0 Å². The molecular weight excluding hydrogens is 284 g/mol. The molecule has 2 rings (SSSR count). The Hall–Kier alpha value is -0.780. The first-order chi connectivity index (χ1) is 8.82. The van der Waals surface area contributed by atoms with Crippen molar-refractivity contribution in [3.05, 3.63) is 22.7 Å². The van der Waals surface area contributed by atoms with Gasteiger partial charge in [0.05, 0.1) is 4.90 Å². The van der Waals surface area contributed by atoms with Crippen LogP contribution < -0.4 is 5.73 Å². The van der Waals surface area contributed by atoms with Crippen LogP contribution in [0.5, 0.6) is 0 Å². The zero-order valence-corrected chi connectivity index (χ0v) is 12.8. The molecule has 0 saturated heterocycles. The standard InChI is InChI=1S/C13H19ClN2O2S/c1-9-12(15)6-11(14)7-13(9)19(17,18)16(2)8-10-4-3-5-10/h6-7,10H,3-5,8,15H2,1-2H3. The molecule has 0 radical (unpaired) electrons.